The van der Waals surface area contributed by atoms with E-state index in [4.69, 9.17) is 11.6 Å². The molecule has 0 atom stereocenters. The molecule has 0 saturated heterocycles. The Bertz CT molecular complexity index is 1280. The van der Waals surface area contributed by atoms with Crippen LogP contribution in [0.1, 0.15) is 12.7 Å². The third-order valence-electron chi connectivity index (χ3n) is 4.90. The summed E-state index contributed by atoms with van der Waals surface area (Å²) in [4.78, 5) is 35.1. The zero-order chi connectivity index (χ0) is 21.1. The fourth-order valence-corrected chi connectivity index (χ4v) is 4.73. The number of fused-ring (bicyclic) bond motifs is 2. The number of aromatic amines is 1. The second-order valence-electron chi connectivity index (χ2n) is 6.82. The molecule has 4 rings (SSSR count). The molecule has 1 amide bonds. The van der Waals surface area contributed by atoms with E-state index >= 15 is 0 Å². The van der Waals surface area contributed by atoms with Crippen molar-refractivity contribution in [3.8, 4) is 0 Å². The Labute approximate surface area is 183 Å². The number of H-pyrrole nitrogens is 1. The number of nitrogens with zero attached hydrogens (tertiary/aromatic N) is 2. The first-order chi connectivity index (χ1) is 14.6. The number of amides is 1. The van der Waals surface area contributed by atoms with Crippen molar-refractivity contribution in [3.63, 3.8) is 0 Å². The molecule has 0 aliphatic carbocycles. The minimum Gasteiger partial charge on any atom is -0.335 e. The molecule has 1 N–H and O–H groups in total. The Morgan fingerprint density at radius 3 is 2.67 bits per heavy atom. The van der Waals surface area contributed by atoms with Crippen LogP contribution in [0.15, 0.2) is 70.4 Å². The minimum atomic E-state index is -0.195. The molecule has 7 heteroatoms. The minimum absolute atomic E-state index is 0.0256. The lowest BCUT2D eigenvalue weighted by Gasteiger charge is -2.20. The van der Waals surface area contributed by atoms with Crippen LogP contribution in [0.2, 0.25) is 5.02 Å². The van der Waals surface area contributed by atoms with Crippen LogP contribution in [0.3, 0.4) is 0 Å². The lowest BCUT2D eigenvalue weighted by molar-refractivity contribution is -0.128. The zero-order valence-electron chi connectivity index (χ0n) is 16.4. The maximum atomic E-state index is 12.9. The monoisotopic (exact) mass is 437 g/mol. The number of carbonyl (C=O) groups excluding carboxylic acids is 1. The van der Waals surface area contributed by atoms with E-state index in [1.54, 1.807) is 23.1 Å². The lowest BCUT2D eigenvalue weighted by Crippen LogP contribution is -2.33. The number of halogens is 1. The number of para-hydroxylation sites is 1. The van der Waals surface area contributed by atoms with Crippen LogP contribution >= 0.6 is 23.4 Å². The van der Waals surface area contributed by atoms with Crippen LogP contribution in [0, 0.1) is 0 Å². The molecular formula is C23H20ClN3O2S. The van der Waals surface area contributed by atoms with Crippen molar-refractivity contribution in [2.45, 2.75) is 18.4 Å². The Kier molecular flexibility index (Phi) is 6.06. The highest BCUT2D eigenvalue weighted by atomic mass is 35.5. The van der Waals surface area contributed by atoms with Crippen molar-refractivity contribution in [2.24, 2.45) is 0 Å². The molecule has 0 spiro atoms. The van der Waals surface area contributed by atoms with E-state index in [2.05, 4.69) is 9.97 Å². The SMILES string of the molecule is CCN(Cc1nc2ccccc2c(=O)[nH]1)C(=O)CSc1cccc2cccc(Cl)c12. The predicted octanol–water partition coefficient (Wildman–Crippen LogP) is 4.87. The quantitative estimate of drug-likeness (QED) is 0.437. The van der Waals surface area contributed by atoms with Crippen LogP contribution < -0.4 is 5.56 Å². The van der Waals surface area contributed by atoms with Gasteiger partial charge in [0, 0.05) is 21.8 Å². The molecule has 0 aliphatic heterocycles. The van der Waals surface area contributed by atoms with Gasteiger partial charge in [-0.3, -0.25) is 9.59 Å². The first-order valence-electron chi connectivity index (χ1n) is 9.62. The van der Waals surface area contributed by atoms with Crippen molar-refractivity contribution >= 4 is 50.9 Å². The summed E-state index contributed by atoms with van der Waals surface area (Å²) in [6, 6.07) is 18.9. The van der Waals surface area contributed by atoms with E-state index in [1.807, 2.05) is 49.4 Å². The summed E-state index contributed by atoms with van der Waals surface area (Å²) in [5, 5.41) is 3.22. The van der Waals surface area contributed by atoms with Crippen LogP contribution in [0.5, 0.6) is 0 Å². The van der Waals surface area contributed by atoms with E-state index in [1.165, 1.54) is 11.8 Å². The molecule has 0 unspecified atom stereocenters. The Hall–Kier alpha value is -2.83. The summed E-state index contributed by atoms with van der Waals surface area (Å²) in [6.07, 6.45) is 0. The standard InChI is InChI=1S/C23H20ClN3O2S/c1-2-27(13-20-25-18-11-4-3-9-16(18)23(29)26-20)21(28)14-30-19-12-6-8-15-7-5-10-17(24)22(15)19/h3-12H,2,13-14H2,1H3,(H,25,26,29). The van der Waals surface area contributed by atoms with Crippen molar-refractivity contribution in [1.29, 1.82) is 0 Å². The van der Waals surface area contributed by atoms with Crippen molar-refractivity contribution < 1.29 is 4.79 Å². The summed E-state index contributed by atoms with van der Waals surface area (Å²) in [5.74, 6) is 0.727. The van der Waals surface area contributed by atoms with Gasteiger partial charge in [0.25, 0.3) is 5.56 Å². The maximum Gasteiger partial charge on any atom is 0.258 e. The lowest BCUT2D eigenvalue weighted by atomic mass is 10.1. The normalized spacial score (nSPS) is 11.1. The zero-order valence-corrected chi connectivity index (χ0v) is 18.0. The number of carbonyl (C=O) groups is 1. The molecule has 5 nitrogen and oxygen atoms in total. The number of nitrogens with one attached hydrogen (secondary N) is 1. The van der Waals surface area contributed by atoms with E-state index in [0.717, 1.165) is 15.7 Å². The molecule has 0 radical (unpaired) electrons. The summed E-state index contributed by atoms with van der Waals surface area (Å²) in [7, 11) is 0. The third kappa shape index (κ3) is 4.20. The van der Waals surface area contributed by atoms with Crippen molar-refractivity contribution in [1.82, 2.24) is 14.9 Å². The summed E-state index contributed by atoms with van der Waals surface area (Å²) in [6.45, 7) is 2.69. The number of rotatable bonds is 6. The fraction of sp³-hybridized carbons (Fsp3) is 0.174. The van der Waals surface area contributed by atoms with Gasteiger partial charge in [-0.25, -0.2) is 4.98 Å². The first-order valence-corrected chi connectivity index (χ1v) is 11.0. The van der Waals surface area contributed by atoms with Gasteiger partial charge in [0.2, 0.25) is 5.91 Å². The van der Waals surface area contributed by atoms with Crippen LogP contribution in [0.4, 0.5) is 0 Å². The van der Waals surface area contributed by atoms with Gasteiger partial charge in [-0.15, -0.1) is 11.8 Å². The number of hydrogen-bond donors (Lipinski definition) is 1. The molecule has 0 bridgehead atoms. The van der Waals surface area contributed by atoms with Crippen molar-refractivity contribution in [3.05, 3.63) is 81.9 Å². The van der Waals surface area contributed by atoms with Gasteiger partial charge in [-0.05, 0) is 36.6 Å². The molecule has 4 aromatic rings. The second kappa shape index (κ2) is 8.90. The molecule has 0 saturated carbocycles. The largest absolute Gasteiger partial charge is 0.335 e. The summed E-state index contributed by atoms with van der Waals surface area (Å²) >= 11 is 7.85. The molecular weight excluding hydrogens is 418 g/mol. The summed E-state index contributed by atoms with van der Waals surface area (Å²) in [5.41, 5.74) is 0.429. The van der Waals surface area contributed by atoms with Gasteiger partial charge < -0.3 is 9.88 Å². The number of thioether (sulfide) groups is 1. The average molecular weight is 438 g/mol. The topological polar surface area (TPSA) is 66.1 Å². The number of hydrogen-bond acceptors (Lipinski definition) is 4. The van der Waals surface area contributed by atoms with Crippen LogP contribution in [-0.4, -0.2) is 33.1 Å². The first kappa shape index (κ1) is 20.4. The highest BCUT2D eigenvalue weighted by Gasteiger charge is 2.16. The molecule has 0 fully saturated rings. The Balaban J connectivity index is 1.51. The van der Waals surface area contributed by atoms with E-state index in [-0.39, 0.29) is 23.8 Å². The van der Waals surface area contributed by atoms with Gasteiger partial charge in [0.05, 0.1) is 23.2 Å². The third-order valence-corrected chi connectivity index (χ3v) is 6.26. The molecule has 152 valence electrons. The van der Waals surface area contributed by atoms with Gasteiger partial charge in [-0.2, -0.15) is 0 Å². The van der Waals surface area contributed by atoms with Gasteiger partial charge in [0.15, 0.2) is 0 Å². The van der Waals surface area contributed by atoms with Gasteiger partial charge in [-0.1, -0.05) is 48.0 Å². The number of benzene rings is 3. The van der Waals surface area contributed by atoms with E-state index < -0.39 is 0 Å². The van der Waals surface area contributed by atoms with Gasteiger partial charge in [0.1, 0.15) is 5.82 Å². The van der Waals surface area contributed by atoms with Gasteiger partial charge >= 0.3 is 0 Å². The smallest absolute Gasteiger partial charge is 0.258 e. The highest BCUT2D eigenvalue weighted by Crippen LogP contribution is 2.33. The highest BCUT2D eigenvalue weighted by molar-refractivity contribution is 8.00. The molecule has 0 aliphatic rings. The van der Waals surface area contributed by atoms with Crippen LogP contribution in [0.25, 0.3) is 21.7 Å². The fourth-order valence-electron chi connectivity index (χ4n) is 3.38. The van der Waals surface area contributed by atoms with E-state index in [0.29, 0.717) is 28.3 Å². The van der Waals surface area contributed by atoms with Crippen LogP contribution in [-0.2, 0) is 11.3 Å². The molecule has 1 aromatic heterocycles. The molecule has 1 heterocycles. The molecule has 3 aromatic carbocycles. The van der Waals surface area contributed by atoms with E-state index in [9.17, 15) is 9.59 Å². The maximum absolute atomic E-state index is 12.9. The Morgan fingerprint density at radius 2 is 1.87 bits per heavy atom. The summed E-state index contributed by atoms with van der Waals surface area (Å²) < 4.78 is 0. The molecule has 30 heavy (non-hydrogen) atoms. The second-order valence-corrected chi connectivity index (χ2v) is 8.24. The average Bonchev–Trinajstić information content (AvgIpc) is 2.76. The number of aromatic nitrogens is 2. The predicted molar refractivity (Wildman–Crippen MR) is 123 cm³/mol. The Morgan fingerprint density at radius 1 is 1.10 bits per heavy atom. The van der Waals surface area contributed by atoms with Crippen molar-refractivity contribution in [2.75, 3.05) is 12.3 Å².